The fourth-order valence-corrected chi connectivity index (χ4v) is 3.44. The molecule has 0 N–H and O–H groups in total. The van der Waals surface area contributed by atoms with Gasteiger partial charge in [0.05, 0.1) is 6.10 Å². The lowest BCUT2D eigenvalue weighted by Crippen LogP contribution is -2.42. The van der Waals surface area contributed by atoms with Crippen molar-refractivity contribution in [1.82, 2.24) is 0 Å². The van der Waals surface area contributed by atoms with Crippen LogP contribution in [0.3, 0.4) is 0 Å². The predicted octanol–water partition coefficient (Wildman–Crippen LogP) is 5.13. The third-order valence-electron chi connectivity index (χ3n) is 4.81. The number of hydrogen-bond donors (Lipinski definition) is 0. The van der Waals surface area contributed by atoms with E-state index in [9.17, 15) is 4.79 Å². The van der Waals surface area contributed by atoms with Crippen molar-refractivity contribution in [2.75, 3.05) is 0 Å². The van der Waals surface area contributed by atoms with Gasteiger partial charge in [-0.25, -0.2) is 0 Å². The average Bonchev–Trinajstić information content (AvgIpc) is 2.45. The smallest absolute Gasteiger partial charge is 0.323 e. The van der Waals surface area contributed by atoms with Gasteiger partial charge in [-0.15, -0.1) is 0 Å². The molecule has 1 aromatic rings. The Morgan fingerprint density at radius 2 is 1.71 bits per heavy atom. The number of ketones is 1. The van der Waals surface area contributed by atoms with E-state index in [4.69, 9.17) is 9.96 Å². The fraction of sp³-hybridized carbons (Fsp3) is 0.579. The normalized spacial score (nSPS) is 13.5. The van der Waals surface area contributed by atoms with Crippen LogP contribution in [-0.2, 0) is 9.22 Å². The number of carbonyl (C=O) groups excluding carboxylic acids is 1. The number of carbonyl (C=O) groups is 1. The topological polar surface area (TPSA) is 62.7 Å². The predicted molar refractivity (Wildman–Crippen MR) is 101 cm³/mol. The average molecular weight is 347 g/mol. The summed E-state index contributed by atoms with van der Waals surface area (Å²) in [6.07, 6.45) is 0.805. The van der Waals surface area contributed by atoms with E-state index < -0.39 is 8.32 Å². The van der Waals surface area contributed by atoms with Crippen LogP contribution in [0, 0.1) is 0 Å². The molecule has 0 aliphatic carbocycles. The van der Waals surface area contributed by atoms with Crippen molar-refractivity contribution in [2.24, 2.45) is 0 Å². The van der Waals surface area contributed by atoms with Crippen LogP contribution in [0.1, 0.15) is 64.2 Å². The molecule has 0 heterocycles. The van der Waals surface area contributed by atoms with E-state index in [1.54, 1.807) is 0 Å². The van der Waals surface area contributed by atoms with Crippen molar-refractivity contribution in [2.45, 2.75) is 71.2 Å². The second kappa shape index (κ2) is 8.02. The van der Waals surface area contributed by atoms with Crippen LogP contribution in [0.15, 0.2) is 24.3 Å². The number of benzene rings is 1. The first kappa shape index (κ1) is 20.5. The largest absolute Gasteiger partial charge is 0.409 e. The minimum atomic E-state index is -2.04. The number of nitrogens with zero attached hydrogens (tertiary/aromatic N) is 2. The SMILES string of the molecule is CC(C)c1ccc(C(CC(=O)C=[N+]=[N-])O[Si](C)(C)C(C)(C)C)cc1. The van der Waals surface area contributed by atoms with E-state index >= 15 is 0 Å². The van der Waals surface area contributed by atoms with Crippen molar-refractivity contribution in [1.29, 1.82) is 0 Å². The lowest BCUT2D eigenvalue weighted by atomic mass is 9.98. The molecule has 0 saturated heterocycles. The van der Waals surface area contributed by atoms with Gasteiger partial charge in [0, 0.05) is 6.42 Å². The van der Waals surface area contributed by atoms with E-state index in [0.717, 1.165) is 11.8 Å². The zero-order valence-electron chi connectivity index (χ0n) is 16.0. The molecule has 1 atom stereocenters. The van der Waals surface area contributed by atoms with Gasteiger partial charge in [0.2, 0.25) is 5.78 Å². The quantitative estimate of drug-likeness (QED) is 0.297. The third-order valence-corrected chi connectivity index (χ3v) is 9.29. The van der Waals surface area contributed by atoms with Crippen LogP contribution in [0.25, 0.3) is 5.53 Å². The first-order valence-corrected chi connectivity index (χ1v) is 11.4. The second-order valence-electron chi connectivity index (χ2n) is 8.10. The summed E-state index contributed by atoms with van der Waals surface area (Å²) in [4.78, 5) is 14.8. The van der Waals surface area contributed by atoms with Gasteiger partial charge in [0.25, 0.3) is 0 Å². The molecule has 0 aliphatic rings. The molecule has 1 rings (SSSR count). The van der Waals surface area contributed by atoms with Crippen molar-refractivity contribution in [3.8, 4) is 0 Å². The highest BCUT2D eigenvalue weighted by Gasteiger charge is 2.39. The molecular formula is C19H30N2O2Si. The maximum Gasteiger partial charge on any atom is 0.323 e. The summed E-state index contributed by atoms with van der Waals surface area (Å²) in [5.41, 5.74) is 10.8. The van der Waals surface area contributed by atoms with Crippen LogP contribution < -0.4 is 0 Å². The van der Waals surface area contributed by atoms with Gasteiger partial charge in [-0.1, -0.05) is 58.9 Å². The summed E-state index contributed by atoms with van der Waals surface area (Å²) >= 11 is 0. The zero-order chi connectivity index (χ0) is 18.5. The second-order valence-corrected chi connectivity index (χ2v) is 12.9. The minimum Gasteiger partial charge on any atom is -0.409 e. The molecule has 0 fully saturated rings. The van der Waals surface area contributed by atoms with Crippen molar-refractivity contribution >= 4 is 20.3 Å². The number of rotatable bonds is 7. The summed E-state index contributed by atoms with van der Waals surface area (Å²) in [5.74, 6) is 0.219. The highest BCUT2D eigenvalue weighted by Crippen LogP contribution is 2.40. The van der Waals surface area contributed by atoms with Crippen LogP contribution >= 0.6 is 0 Å². The van der Waals surface area contributed by atoms with Crippen LogP contribution in [-0.4, -0.2) is 25.1 Å². The maximum absolute atomic E-state index is 12.0. The Kier molecular flexibility index (Phi) is 6.84. The molecular weight excluding hydrogens is 316 g/mol. The van der Waals surface area contributed by atoms with Crippen LogP contribution in [0.4, 0.5) is 0 Å². The van der Waals surface area contributed by atoms with Crippen molar-refractivity contribution < 1.29 is 14.0 Å². The van der Waals surface area contributed by atoms with Gasteiger partial charge < -0.3 is 9.96 Å². The van der Waals surface area contributed by atoms with Crippen LogP contribution in [0.2, 0.25) is 18.1 Å². The van der Waals surface area contributed by atoms with E-state index in [0.29, 0.717) is 5.92 Å². The Morgan fingerprint density at radius 1 is 1.21 bits per heavy atom. The monoisotopic (exact) mass is 346 g/mol. The maximum atomic E-state index is 12.0. The molecule has 5 heteroatoms. The molecule has 0 bridgehead atoms. The lowest BCUT2D eigenvalue weighted by molar-refractivity contribution is -0.117. The van der Waals surface area contributed by atoms with Crippen molar-refractivity contribution in [3.63, 3.8) is 0 Å². The van der Waals surface area contributed by atoms with Gasteiger partial charge >= 0.3 is 6.21 Å². The summed E-state index contributed by atoms with van der Waals surface area (Å²) < 4.78 is 6.48. The third kappa shape index (κ3) is 5.51. The summed E-state index contributed by atoms with van der Waals surface area (Å²) in [6.45, 7) is 15.2. The molecule has 24 heavy (non-hydrogen) atoms. The Bertz CT molecular complexity index is 609. The highest BCUT2D eigenvalue weighted by molar-refractivity contribution is 6.74. The molecule has 0 aromatic heterocycles. The van der Waals surface area contributed by atoms with E-state index in [-0.39, 0.29) is 23.3 Å². The van der Waals surface area contributed by atoms with Crippen LogP contribution in [0.5, 0.6) is 0 Å². The number of hydrogen-bond acceptors (Lipinski definition) is 2. The molecule has 0 saturated carbocycles. The molecule has 1 aromatic carbocycles. The number of Topliss-reactive ketones (excluding diaryl/α,β-unsaturated/α-hetero) is 1. The summed E-state index contributed by atoms with van der Waals surface area (Å²) in [5, 5.41) is 0.0528. The Labute approximate surface area is 147 Å². The van der Waals surface area contributed by atoms with E-state index in [1.807, 2.05) is 12.1 Å². The fourth-order valence-electron chi connectivity index (χ4n) is 2.16. The molecule has 0 aliphatic heterocycles. The lowest BCUT2D eigenvalue weighted by Gasteiger charge is -2.39. The Hall–Kier alpha value is -1.55. The molecule has 0 spiro atoms. The molecule has 132 valence electrons. The Morgan fingerprint density at radius 3 is 2.12 bits per heavy atom. The van der Waals surface area contributed by atoms with Crippen molar-refractivity contribution in [3.05, 3.63) is 40.9 Å². The summed E-state index contributed by atoms with van der Waals surface area (Å²) in [7, 11) is -2.04. The Balaban J connectivity index is 3.13. The molecule has 1 unspecified atom stereocenters. The minimum absolute atomic E-state index is 0.0528. The van der Waals surface area contributed by atoms with E-state index in [1.165, 1.54) is 5.56 Å². The van der Waals surface area contributed by atoms with Gasteiger partial charge in [-0.2, -0.15) is 4.79 Å². The molecule has 4 nitrogen and oxygen atoms in total. The molecule has 0 amide bonds. The summed E-state index contributed by atoms with van der Waals surface area (Å²) in [6, 6.07) is 8.26. The first-order valence-electron chi connectivity index (χ1n) is 8.46. The zero-order valence-corrected chi connectivity index (χ0v) is 17.0. The van der Waals surface area contributed by atoms with Gasteiger partial charge in [-0.3, -0.25) is 4.79 Å². The van der Waals surface area contributed by atoms with Gasteiger partial charge in [-0.05, 0) is 35.2 Å². The van der Waals surface area contributed by atoms with Gasteiger partial charge in [0.1, 0.15) is 0 Å². The van der Waals surface area contributed by atoms with Gasteiger partial charge in [0.15, 0.2) is 8.32 Å². The highest BCUT2D eigenvalue weighted by atomic mass is 28.4. The van der Waals surface area contributed by atoms with E-state index in [2.05, 4.69) is 64.6 Å². The molecule has 0 radical (unpaired) electrons. The first-order chi connectivity index (χ1) is 11.0. The standard InChI is InChI=1S/C19H30N2O2Si/c1-14(2)15-8-10-16(11-9-15)18(12-17(22)13-21-20)23-24(6,7)19(3,4)5/h8-11,13-14,18H,12H2,1-7H3.